The summed E-state index contributed by atoms with van der Waals surface area (Å²) in [6.07, 6.45) is 3.17. The van der Waals surface area contributed by atoms with Gasteiger partial charge in [0.2, 0.25) is 0 Å². The van der Waals surface area contributed by atoms with Crippen LogP contribution in [0.3, 0.4) is 0 Å². The van der Waals surface area contributed by atoms with E-state index in [1.54, 1.807) is 0 Å². The van der Waals surface area contributed by atoms with E-state index in [1.807, 2.05) is 50.2 Å². The predicted molar refractivity (Wildman–Crippen MR) is 106 cm³/mol. The van der Waals surface area contributed by atoms with Gasteiger partial charge in [-0.05, 0) is 37.1 Å². The third-order valence-corrected chi connectivity index (χ3v) is 5.10. The monoisotopic (exact) mass is 356 g/mol. The van der Waals surface area contributed by atoms with Gasteiger partial charge in [-0.3, -0.25) is 4.79 Å². The molecule has 0 aliphatic heterocycles. The highest BCUT2D eigenvalue weighted by Gasteiger charge is 2.39. The highest BCUT2D eigenvalue weighted by atomic mass is 16.1. The van der Waals surface area contributed by atoms with Gasteiger partial charge in [0.15, 0.2) is 11.6 Å². The summed E-state index contributed by atoms with van der Waals surface area (Å²) in [5.74, 6) is 6.77. The maximum Gasteiger partial charge on any atom is 0.153 e. The number of anilines is 1. The lowest BCUT2D eigenvalue weighted by molar-refractivity contribution is -0.126. The van der Waals surface area contributed by atoms with Crippen molar-refractivity contribution in [2.24, 2.45) is 11.3 Å². The normalized spacial score (nSPS) is 18.3. The molecular formula is C22H20N4O. The largest absolute Gasteiger partial charge is 0.382 e. The standard InChI is InChI=1S/C22H20N4O/c1-22(2)11-10-15(20(22)27)7-6-14-4-3-5-16(12-14)17-8-9-18-19(26-17)21(23)25-13-24-18/h3-5,8-9,12-13,15H,10-11H2,1-2H3,(H2,23,24,25)/t15-/m0/s1. The molecule has 0 amide bonds. The highest BCUT2D eigenvalue weighted by Crippen LogP contribution is 2.37. The van der Waals surface area contributed by atoms with E-state index in [2.05, 4.69) is 26.8 Å². The third-order valence-electron chi connectivity index (χ3n) is 5.10. The lowest BCUT2D eigenvalue weighted by atomic mass is 9.89. The van der Waals surface area contributed by atoms with Crippen molar-refractivity contribution in [3.8, 4) is 23.1 Å². The number of hydrogen-bond donors (Lipinski definition) is 1. The van der Waals surface area contributed by atoms with Gasteiger partial charge in [-0.15, -0.1) is 0 Å². The fraction of sp³-hybridized carbons (Fsp3) is 0.273. The van der Waals surface area contributed by atoms with E-state index in [4.69, 9.17) is 5.73 Å². The Morgan fingerprint density at radius 3 is 2.81 bits per heavy atom. The number of ketones is 1. The number of carbonyl (C=O) groups is 1. The quantitative estimate of drug-likeness (QED) is 0.673. The fourth-order valence-electron chi connectivity index (χ4n) is 3.42. The Hall–Kier alpha value is -3.26. The Labute approximate surface area is 158 Å². The minimum Gasteiger partial charge on any atom is -0.382 e. The number of aromatic nitrogens is 3. The van der Waals surface area contributed by atoms with Gasteiger partial charge in [0, 0.05) is 16.5 Å². The van der Waals surface area contributed by atoms with E-state index < -0.39 is 0 Å². The van der Waals surface area contributed by atoms with Crippen molar-refractivity contribution >= 4 is 22.6 Å². The third kappa shape index (κ3) is 3.26. The number of carbonyl (C=O) groups excluding carboxylic acids is 1. The molecular weight excluding hydrogens is 336 g/mol. The van der Waals surface area contributed by atoms with Crippen molar-refractivity contribution in [2.45, 2.75) is 26.7 Å². The van der Waals surface area contributed by atoms with E-state index in [0.29, 0.717) is 16.9 Å². The Bertz CT molecular complexity index is 1110. The summed E-state index contributed by atoms with van der Waals surface area (Å²) in [6, 6.07) is 11.6. The lowest BCUT2D eigenvalue weighted by Gasteiger charge is -2.13. The molecule has 5 heteroatoms. The second kappa shape index (κ2) is 6.48. The Balaban J connectivity index is 1.65. The van der Waals surface area contributed by atoms with E-state index in [0.717, 1.165) is 29.7 Å². The van der Waals surface area contributed by atoms with Crippen molar-refractivity contribution in [2.75, 3.05) is 5.73 Å². The Kier molecular flexibility index (Phi) is 4.12. The van der Waals surface area contributed by atoms with Gasteiger partial charge in [0.25, 0.3) is 0 Å². The minimum atomic E-state index is -0.252. The Morgan fingerprint density at radius 1 is 1.19 bits per heavy atom. The van der Waals surface area contributed by atoms with Crippen molar-refractivity contribution in [1.82, 2.24) is 15.0 Å². The zero-order chi connectivity index (χ0) is 19.0. The van der Waals surface area contributed by atoms with Gasteiger partial charge in [-0.25, -0.2) is 15.0 Å². The SMILES string of the molecule is CC1(C)CC[C@H](C#Cc2cccc(-c3ccc4ncnc(N)c4n3)c2)C1=O. The van der Waals surface area contributed by atoms with Gasteiger partial charge in [0.05, 0.1) is 17.1 Å². The average molecular weight is 356 g/mol. The molecule has 0 radical (unpaired) electrons. The van der Waals surface area contributed by atoms with Crippen LogP contribution in [0.2, 0.25) is 0 Å². The molecule has 134 valence electrons. The number of Topliss-reactive ketones (excluding diaryl/α,β-unsaturated/α-hetero) is 1. The maximum atomic E-state index is 12.4. The molecule has 2 N–H and O–H groups in total. The second-order valence-corrected chi connectivity index (χ2v) is 7.51. The summed E-state index contributed by atoms with van der Waals surface area (Å²) in [5, 5.41) is 0. The molecule has 27 heavy (non-hydrogen) atoms. The number of rotatable bonds is 1. The number of benzene rings is 1. The highest BCUT2D eigenvalue weighted by molar-refractivity contribution is 5.90. The van der Waals surface area contributed by atoms with Gasteiger partial charge >= 0.3 is 0 Å². The molecule has 0 saturated heterocycles. The molecule has 3 aromatic rings. The first-order valence-electron chi connectivity index (χ1n) is 8.97. The van der Waals surface area contributed by atoms with E-state index in [1.165, 1.54) is 6.33 Å². The van der Waals surface area contributed by atoms with Crippen LogP contribution in [0.5, 0.6) is 0 Å². The number of nitrogens with two attached hydrogens (primary N) is 1. The second-order valence-electron chi connectivity index (χ2n) is 7.51. The molecule has 5 nitrogen and oxygen atoms in total. The summed E-state index contributed by atoms with van der Waals surface area (Å²) in [7, 11) is 0. The molecule has 1 aromatic carbocycles. The first-order valence-corrected chi connectivity index (χ1v) is 8.97. The average Bonchev–Trinajstić information content (AvgIpc) is 2.93. The van der Waals surface area contributed by atoms with Gasteiger partial charge in [-0.1, -0.05) is 37.8 Å². The zero-order valence-corrected chi connectivity index (χ0v) is 15.4. The molecule has 0 bridgehead atoms. The molecule has 0 spiro atoms. The van der Waals surface area contributed by atoms with Crippen LogP contribution in [0.4, 0.5) is 5.82 Å². The van der Waals surface area contributed by atoms with Crippen LogP contribution in [-0.4, -0.2) is 20.7 Å². The van der Waals surface area contributed by atoms with Gasteiger partial charge in [-0.2, -0.15) is 0 Å². The smallest absolute Gasteiger partial charge is 0.153 e. The van der Waals surface area contributed by atoms with Gasteiger partial charge < -0.3 is 5.73 Å². The fourth-order valence-corrected chi connectivity index (χ4v) is 3.42. The summed E-state index contributed by atoms with van der Waals surface area (Å²) in [5.41, 5.74) is 9.55. The van der Waals surface area contributed by atoms with E-state index in [9.17, 15) is 4.79 Å². The summed E-state index contributed by atoms with van der Waals surface area (Å²) in [6.45, 7) is 4.00. The van der Waals surface area contributed by atoms with Crippen LogP contribution < -0.4 is 5.73 Å². The van der Waals surface area contributed by atoms with Crippen LogP contribution in [0.15, 0.2) is 42.7 Å². The van der Waals surface area contributed by atoms with Crippen LogP contribution in [0.25, 0.3) is 22.3 Å². The molecule has 1 fully saturated rings. The topological polar surface area (TPSA) is 81.8 Å². The molecule has 0 unspecified atom stereocenters. The van der Waals surface area contributed by atoms with Crippen molar-refractivity contribution in [1.29, 1.82) is 0 Å². The predicted octanol–water partition coefficient (Wildman–Crippen LogP) is 3.63. The molecule has 1 atom stereocenters. The summed E-state index contributed by atoms with van der Waals surface area (Å²) in [4.78, 5) is 25.1. The number of fused-ring (bicyclic) bond motifs is 1. The molecule has 4 rings (SSSR count). The number of pyridine rings is 1. The molecule has 2 aromatic heterocycles. The van der Waals surface area contributed by atoms with Crippen molar-refractivity contribution in [3.05, 3.63) is 48.3 Å². The van der Waals surface area contributed by atoms with Crippen molar-refractivity contribution < 1.29 is 4.79 Å². The lowest BCUT2D eigenvalue weighted by Crippen LogP contribution is -2.20. The molecule has 1 saturated carbocycles. The summed E-state index contributed by atoms with van der Waals surface area (Å²) >= 11 is 0. The molecule has 1 aliphatic carbocycles. The maximum absolute atomic E-state index is 12.4. The molecule has 2 heterocycles. The number of nitrogen functional groups attached to an aromatic ring is 1. The number of nitrogens with zero attached hydrogens (tertiary/aromatic N) is 3. The minimum absolute atomic E-state index is 0.167. The van der Waals surface area contributed by atoms with Crippen LogP contribution >= 0.6 is 0 Å². The Morgan fingerprint density at radius 2 is 2.04 bits per heavy atom. The van der Waals surface area contributed by atoms with Crippen LogP contribution in [0, 0.1) is 23.2 Å². The van der Waals surface area contributed by atoms with Gasteiger partial charge in [0.1, 0.15) is 11.8 Å². The van der Waals surface area contributed by atoms with E-state index in [-0.39, 0.29) is 17.1 Å². The number of hydrogen-bond acceptors (Lipinski definition) is 5. The van der Waals surface area contributed by atoms with Crippen LogP contribution in [0.1, 0.15) is 32.3 Å². The zero-order valence-electron chi connectivity index (χ0n) is 15.4. The first kappa shape index (κ1) is 17.2. The van der Waals surface area contributed by atoms with Crippen molar-refractivity contribution in [3.63, 3.8) is 0 Å². The molecule has 1 aliphatic rings. The van der Waals surface area contributed by atoms with E-state index >= 15 is 0 Å². The van der Waals surface area contributed by atoms with Crippen LogP contribution in [-0.2, 0) is 4.79 Å². The summed E-state index contributed by atoms with van der Waals surface area (Å²) < 4.78 is 0. The first-order chi connectivity index (χ1) is 12.9.